The Kier molecular flexibility index (Phi) is 4.83. The fourth-order valence-corrected chi connectivity index (χ4v) is 4.27. The molecular formula is C26H18ClNO4. The van der Waals surface area contributed by atoms with Crippen molar-refractivity contribution >= 4 is 45.5 Å². The number of halogens is 1. The third-order valence-electron chi connectivity index (χ3n) is 5.62. The lowest BCUT2D eigenvalue weighted by atomic mass is 9.96. The molecule has 1 saturated heterocycles. The number of benzene rings is 3. The standard InChI is InChI=1S/C26H18ClNO4/c1-15-9-14-21(32-15)23-22(24(29)20-8-4-6-16-5-2-3-7-19(16)20)25(30)26(31)28(23)18-12-10-17(27)11-13-18/h2-14,23,29H,1H3/b24-22-. The van der Waals surface area contributed by atoms with E-state index >= 15 is 0 Å². The van der Waals surface area contributed by atoms with E-state index in [2.05, 4.69) is 0 Å². The molecule has 5 rings (SSSR count). The molecule has 1 atom stereocenters. The number of carbonyl (C=O) groups excluding carboxylic acids is 2. The first-order valence-electron chi connectivity index (χ1n) is 10.1. The van der Waals surface area contributed by atoms with Gasteiger partial charge in [0.25, 0.3) is 11.7 Å². The summed E-state index contributed by atoms with van der Waals surface area (Å²) in [6, 6.07) is 22.2. The van der Waals surface area contributed by atoms with Gasteiger partial charge in [0.1, 0.15) is 23.3 Å². The van der Waals surface area contributed by atoms with Gasteiger partial charge in [-0.1, -0.05) is 54.1 Å². The van der Waals surface area contributed by atoms with Crippen LogP contribution < -0.4 is 4.90 Å². The lowest BCUT2D eigenvalue weighted by molar-refractivity contribution is -0.132. The second-order valence-electron chi connectivity index (χ2n) is 7.62. The van der Waals surface area contributed by atoms with Crippen molar-refractivity contribution < 1.29 is 19.1 Å². The Morgan fingerprint density at radius 1 is 0.938 bits per heavy atom. The van der Waals surface area contributed by atoms with Gasteiger partial charge < -0.3 is 9.52 Å². The highest BCUT2D eigenvalue weighted by molar-refractivity contribution is 6.51. The highest BCUT2D eigenvalue weighted by atomic mass is 35.5. The van der Waals surface area contributed by atoms with E-state index in [1.807, 2.05) is 30.3 Å². The maximum Gasteiger partial charge on any atom is 0.300 e. The van der Waals surface area contributed by atoms with Gasteiger partial charge in [-0.05, 0) is 54.1 Å². The van der Waals surface area contributed by atoms with Crippen molar-refractivity contribution in [1.82, 2.24) is 0 Å². The summed E-state index contributed by atoms with van der Waals surface area (Å²) in [5, 5.41) is 13.6. The molecule has 0 radical (unpaired) electrons. The van der Waals surface area contributed by atoms with Gasteiger partial charge >= 0.3 is 0 Å². The zero-order valence-corrected chi connectivity index (χ0v) is 17.8. The first-order chi connectivity index (χ1) is 15.5. The minimum atomic E-state index is -0.913. The first kappa shape index (κ1) is 20.1. The quantitative estimate of drug-likeness (QED) is 0.239. The van der Waals surface area contributed by atoms with Gasteiger partial charge in [0.15, 0.2) is 0 Å². The van der Waals surface area contributed by atoms with Gasteiger partial charge in [-0.2, -0.15) is 0 Å². The minimum absolute atomic E-state index is 0.0179. The number of anilines is 1. The van der Waals surface area contributed by atoms with Crippen molar-refractivity contribution in [2.45, 2.75) is 13.0 Å². The van der Waals surface area contributed by atoms with Crippen molar-refractivity contribution in [3.8, 4) is 0 Å². The molecule has 1 fully saturated rings. The Labute approximate surface area is 189 Å². The zero-order valence-electron chi connectivity index (χ0n) is 17.1. The normalized spacial score (nSPS) is 17.9. The summed E-state index contributed by atoms with van der Waals surface area (Å²) >= 11 is 6.02. The molecule has 1 aliphatic rings. The molecule has 158 valence electrons. The van der Waals surface area contributed by atoms with E-state index < -0.39 is 17.7 Å². The second-order valence-corrected chi connectivity index (χ2v) is 8.06. The topological polar surface area (TPSA) is 70.8 Å². The van der Waals surface area contributed by atoms with E-state index in [9.17, 15) is 14.7 Å². The van der Waals surface area contributed by atoms with Crippen LogP contribution in [-0.2, 0) is 9.59 Å². The monoisotopic (exact) mass is 443 g/mol. The highest BCUT2D eigenvalue weighted by Gasteiger charge is 2.48. The summed E-state index contributed by atoms with van der Waals surface area (Å²) < 4.78 is 5.83. The zero-order chi connectivity index (χ0) is 22.4. The van der Waals surface area contributed by atoms with Crippen LogP contribution in [0.5, 0.6) is 0 Å². The van der Waals surface area contributed by atoms with Gasteiger partial charge in [0, 0.05) is 16.3 Å². The third-order valence-corrected chi connectivity index (χ3v) is 5.88. The molecule has 32 heavy (non-hydrogen) atoms. The van der Waals surface area contributed by atoms with Gasteiger partial charge in [-0.15, -0.1) is 0 Å². The number of Topliss-reactive ketones (excluding diaryl/α,β-unsaturated/α-hetero) is 1. The van der Waals surface area contributed by atoms with Crippen LogP contribution in [0, 0.1) is 6.92 Å². The van der Waals surface area contributed by atoms with Crippen LogP contribution in [-0.4, -0.2) is 16.8 Å². The van der Waals surface area contributed by atoms with E-state index in [-0.39, 0.29) is 11.3 Å². The number of aryl methyl sites for hydroxylation is 1. The van der Waals surface area contributed by atoms with E-state index in [0.717, 1.165) is 10.8 Å². The van der Waals surface area contributed by atoms with Crippen molar-refractivity contribution in [1.29, 1.82) is 0 Å². The number of ketones is 1. The Morgan fingerprint density at radius 2 is 1.66 bits per heavy atom. The van der Waals surface area contributed by atoms with E-state index in [0.29, 0.717) is 27.8 Å². The number of aliphatic hydroxyl groups excluding tert-OH is 1. The number of carbonyl (C=O) groups is 2. The van der Waals surface area contributed by atoms with Crippen molar-refractivity contribution in [3.05, 3.63) is 107 Å². The molecule has 1 aliphatic heterocycles. The first-order valence-corrected chi connectivity index (χ1v) is 10.4. The Balaban J connectivity index is 1.76. The molecule has 0 bridgehead atoms. The molecule has 3 aromatic carbocycles. The lowest BCUT2D eigenvalue weighted by Gasteiger charge is -2.23. The van der Waals surface area contributed by atoms with Crippen molar-refractivity contribution in [2.75, 3.05) is 4.90 Å². The maximum absolute atomic E-state index is 13.2. The molecule has 2 heterocycles. The number of hydrogen-bond acceptors (Lipinski definition) is 4. The van der Waals surface area contributed by atoms with Gasteiger partial charge in [0.2, 0.25) is 0 Å². The van der Waals surface area contributed by atoms with Crippen LogP contribution in [0.3, 0.4) is 0 Å². The van der Waals surface area contributed by atoms with Crippen LogP contribution in [0.4, 0.5) is 5.69 Å². The molecule has 0 aliphatic carbocycles. The summed E-state index contributed by atoms with van der Waals surface area (Å²) in [5.41, 5.74) is 0.939. The van der Waals surface area contributed by atoms with E-state index in [1.54, 1.807) is 55.5 Å². The summed E-state index contributed by atoms with van der Waals surface area (Å²) in [6.07, 6.45) is 0. The third kappa shape index (κ3) is 3.18. The number of rotatable bonds is 3. The van der Waals surface area contributed by atoms with Gasteiger partial charge in [-0.3, -0.25) is 14.5 Å². The van der Waals surface area contributed by atoms with Crippen molar-refractivity contribution in [3.63, 3.8) is 0 Å². The second kappa shape index (κ2) is 7.70. The van der Waals surface area contributed by atoms with Crippen LogP contribution in [0.2, 0.25) is 5.02 Å². The molecule has 5 nitrogen and oxygen atoms in total. The summed E-state index contributed by atoms with van der Waals surface area (Å²) in [5.74, 6) is -0.737. The van der Waals surface area contributed by atoms with E-state index in [1.165, 1.54) is 4.90 Å². The number of fused-ring (bicyclic) bond motifs is 1. The Hall–Kier alpha value is -3.83. The smallest absolute Gasteiger partial charge is 0.300 e. The van der Waals surface area contributed by atoms with Crippen LogP contribution in [0.1, 0.15) is 23.1 Å². The van der Waals surface area contributed by atoms with Crippen LogP contribution in [0.25, 0.3) is 16.5 Å². The average Bonchev–Trinajstić information content (AvgIpc) is 3.34. The number of furan rings is 1. The average molecular weight is 444 g/mol. The number of nitrogens with zero attached hydrogens (tertiary/aromatic N) is 1. The molecule has 6 heteroatoms. The van der Waals surface area contributed by atoms with Gasteiger partial charge in [-0.25, -0.2) is 0 Å². The summed E-state index contributed by atoms with van der Waals surface area (Å²) in [7, 11) is 0. The number of hydrogen-bond donors (Lipinski definition) is 1. The van der Waals surface area contributed by atoms with E-state index in [4.69, 9.17) is 16.0 Å². The Bertz CT molecular complexity index is 1400. The fourth-order valence-electron chi connectivity index (χ4n) is 4.15. The van der Waals surface area contributed by atoms with Crippen LogP contribution in [0.15, 0.2) is 88.9 Å². The minimum Gasteiger partial charge on any atom is -0.507 e. The SMILES string of the molecule is Cc1ccc(C2/C(=C(/O)c3cccc4ccccc34)C(=O)C(=O)N2c2ccc(Cl)cc2)o1. The molecule has 1 amide bonds. The molecular weight excluding hydrogens is 426 g/mol. The summed E-state index contributed by atoms with van der Waals surface area (Å²) in [4.78, 5) is 27.7. The largest absolute Gasteiger partial charge is 0.507 e. The van der Waals surface area contributed by atoms with Crippen molar-refractivity contribution in [2.24, 2.45) is 0 Å². The molecule has 1 unspecified atom stereocenters. The predicted octanol–water partition coefficient (Wildman–Crippen LogP) is 6.02. The fraction of sp³-hybridized carbons (Fsp3) is 0.0769. The van der Waals surface area contributed by atoms with Gasteiger partial charge in [0.05, 0.1) is 5.57 Å². The molecule has 1 aromatic heterocycles. The molecule has 1 N–H and O–H groups in total. The molecule has 0 saturated carbocycles. The predicted molar refractivity (Wildman–Crippen MR) is 124 cm³/mol. The lowest BCUT2D eigenvalue weighted by Crippen LogP contribution is -2.29. The summed E-state index contributed by atoms with van der Waals surface area (Å²) in [6.45, 7) is 1.78. The highest BCUT2D eigenvalue weighted by Crippen LogP contribution is 2.43. The Morgan fingerprint density at radius 3 is 2.38 bits per heavy atom. The number of aliphatic hydroxyl groups is 1. The molecule has 4 aromatic rings. The molecule has 0 spiro atoms. The maximum atomic E-state index is 13.2. The number of amides is 1. The van der Waals surface area contributed by atoms with Crippen LogP contribution >= 0.6 is 11.6 Å².